The van der Waals surface area contributed by atoms with E-state index in [9.17, 15) is 9.59 Å². The van der Waals surface area contributed by atoms with E-state index in [2.05, 4.69) is 10.6 Å². The van der Waals surface area contributed by atoms with E-state index in [1.165, 1.54) is 0 Å². The van der Waals surface area contributed by atoms with Gasteiger partial charge in [-0.3, -0.25) is 9.59 Å². The third-order valence-electron chi connectivity index (χ3n) is 4.99. The molecule has 1 aromatic heterocycles. The number of aromatic nitrogens is 1. The van der Waals surface area contributed by atoms with Crippen LogP contribution in [0.1, 0.15) is 23.2 Å². The molecular weight excluding hydrogens is 382 g/mol. The van der Waals surface area contributed by atoms with E-state index in [1.807, 2.05) is 36.4 Å². The van der Waals surface area contributed by atoms with E-state index in [1.54, 1.807) is 26.4 Å². The number of para-hydroxylation sites is 1. The number of amides is 2. The van der Waals surface area contributed by atoms with Gasteiger partial charge in [0.05, 0.1) is 37.5 Å². The molecule has 2 N–H and O–H groups in total. The molecule has 0 radical (unpaired) electrons. The van der Waals surface area contributed by atoms with E-state index < -0.39 is 0 Å². The van der Waals surface area contributed by atoms with Crippen molar-refractivity contribution < 1.29 is 19.1 Å². The van der Waals surface area contributed by atoms with Crippen molar-refractivity contribution in [2.75, 3.05) is 20.8 Å². The van der Waals surface area contributed by atoms with E-state index in [4.69, 9.17) is 14.5 Å². The van der Waals surface area contributed by atoms with Crippen molar-refractivity contribution in [3.63, 3.8) is 0 Å². The van der Waals surface area contributed by atoms with Crippen LogP contribution in [0.4, 0.5) is 0 Å². The number of fused-ring (bicyclic) bond motifs is 1. The fraction of sp³-hybridized carbons (Fsp3) is 0.261. The minimum Gasteiger partial charge on any atom is -0.493 e. The van der Waals surface area contributed by atoms with Gasteiger partial charge in [-0.1, -0.05) is 18.2 Å². The van der Waals surface area contributed by atoms with Crippen LogP contribution in [-0.2, 0) is 4.79 Å². The molecule has 2 amide bonds. The van der Waals surface area contributed by atoms with Crippen molar-refractivity contribution in [2.45, 2.75) is 18.9 Å². The summed E-state index contributed by atoms with van der Waals surface area (Å²) in [6, 6.07) is 14.9. The summed E-state index contributed by atoms with van der Waals surface area (Å²) in [5.41, 5.74) is 2.57. The van der Waals surface area contributed by atoms with Gasteiger partial charge in [-0.15, -0.1) is 0 Å². The molecule has 1 aliphatic carbocycles. The minimum absolute atomic E-state index is 0.0579. The fourth-order valence-electron chi connectivity index (χ4n) is 3.27. The standard InChI is InChI=1S/C23H23N3O4/c1-29-20-10-7-14(11-21(20)30-2)19-12-17(16-5-3-4-6-18(16)26-19)23(28)24-13-22(27)25-15-8-9-15/h3-7,10-12,15H,8-9,13H2,1-2H3,(H,24,28)(H,25,27). The molecule has 0 bridgehead atoms. The Morgan fingerprint density at radius 1 is 1.03 bits per heavy atom. The maximum atomic E-state index is 12.9. The predicted octanol–water partition coefficient (Wildman–Crippen LogP) is 2.93. The first-order valence-electron chi connectivity index (χ1n) is 9.79. The topological polar surface area (TPSA) is 89.5 Å². The van der Waals surface area contributed by atoms with Crippen LogP contribution in [0.5, 0.6) is 11.5 Å². The number of benzene rings is 2. The van der Waals surface area contributed by atoms with Crippen molar-refractivity contribution in [2.24, 2.45) is 0 Å². The molecule has 0 spiro atoms. The van der Waals surface area contributed by atoms with Crippen molar-refractivity contribution >= 4 is 22.7 Å². The molecular formula is C23H23N3O4. The van der Waals surface area contributed by atoms with Crippen LogP contribution in [0.3, 0.4) is 0 Å². The number of carbonyl (C=O) groups excluding carboxylic acids is 2. The van der Waals surface area contributed by atoms with Crippen LogP contribution in [0, 0.1) is 0 Å². The summed E-state index contributed by atoms with van der Waals surface area (Å²) in [4.78, 5) is 29.6. The van der Waals surface area contributed by atoms with E-state index in [-0.39, 0.29) is 24.4 Å². The Morgan fingerprint density at radius 2 is 1.80 bits per heavy atom. The van der Waals surface area contributed by atoms with Crippen LogP contribution in [0.2, 0.25) is 0 Å². The lowest BCUT2D eigenvalue weighted by atomic mass is 10.0. The highest BCUT2D eigenvalue weighted by atomic mass is 16.5. The molecule has 0 aliphatic heterocycles. The largest absolute Gasteiger partial charge is 0.493 e. The fourth-order valence-corrected chi connectivity index (χ4v) is 3.27. The average Bonchev–Trinajstić information content (AvgIpc) is 3.60. The monoisotopic (exact) mass is 405 g/mol. The number of pyridine rings is 1. The van der Waals surface area contributed by atoms with Crippen LogP contribution in [0.15, 0.2) is 48.5 Å². The Hall–Kier alpha value is -3.61. The number of hydrogen-bond donors (Lipinski definition) is 2. The molecule has 0 atom stereocenters. The lowest BCUT2D eigenvalue weighted by Crippen LogP contribution is -2.37. The van der Waals surface area contributed by atoms with Crippen molar-refractivity contribution in [1.82, 2.24) is 15.6 Å². The lowest BCUT2D eigenvalue weighted by Gasteiger charge is -2.12. The first-order valence-corrected chi connectivity index (χ1v) is 9.79. The van der Waals surface area contributed by atoms with Gasteiger partial charge in [0.15, 0.2) is 11.5 Å². The van der Waals surface area contributed by atoms with Crippen LogP contribution in [0.25, 0.3) is 22.2 Å². The summed E-state index contributed by atoms with van der Waals surface area (Å²) in [6.07, 6.45) is 2.01. The maximum Gasteiger partial charge on any atom is 0.252 e. The molecule has 30 heavy (non-hydrogen) atoms. The number of nitrogens with zero attached hydrogens (tertiary/aromatic N) is 1. The number of hydrogen-bond acceptors (Lipinski definition) is 5. The predicted molar refractivity (Wildman–Crippen MR) is 114 cm³/mol. The summed E-state index contributed by atoms with van der Waals surface area (Å²) >= 11 is 0. The van der Waals surface area contributed by atoms with Gasteiger partial charge in [0.1, 0.15) is 0 Å². The molecule has 7 nitrogen and oxygen atoms in total. The molecule has 4 rings (SSSR count). The van der Waals surface area contributed by atoms with Crippen LogP contribution >= 0.6 is 0 Å². The number of ether oxygens (including phenoxy) is 2. The zero-order chi connectivity index (χ0) is 21.1. The van der Waals surface area contributed by atoms with Gasteiger partial charge >= 0.3 is 0 Å². The summed E-state index contributed by atoms with van der Waals surface area (Å²) in [6.45, 7) is -0.0579. The normalized spacial score (nSPS) is 13.0. The number of methoxy groups -OCH3 is 2. The minimum atomic E-state index is -0.318. The molecule has 154 valence electrons. The molecule has 1 saturated carbocycles. The molecule has 1 aliphatic rings. The molecule has 0 saturated heterocycles. The van der Waals surface area contributed by atoms with Gasteiger partial charge in [0.25, 0.3) is 5.91 Å². The first kappa shape index (κ1) is 19.7. The molecule has 3 aromatic rings. The van der Waals surface area contributed by atoms with Gasteiger partial charge in [0, 0.05) is 17.0 Å². The summed E-state index contributed by atoms with van der Waals surface area (Å²) < 4.78 is 10.7. The zero-order valence-corrected chi connectivity index (χ0v) is 16.9. The first-order chi connectivity index (χ1) is 14.6. The Morgan fingerprint density at radius 3 is 2.53 bits per heavy atom. The number of rotatable bonds is 7. The van der Waals surface area contributed by atoms with Gasteiger partial charge < -0.3 is 20.1 Å². The number of nitrogens with one attached hydrogen (secondary N) is 2. The van der Waals surface area contributed by atoms with E-state index >= 15 is 0 Å². The SMILES string of the molecule is COc1ccc(-c2cc(C(=O)NCC(=O)NC3CC3)c3ccccc3n2)cc1OC. The molecule has 2 aromatic carbocycles. The second-order valence-corrected chi connectivity index (χ2v) is 7.17. The third kappa shape index (κ3) is 4.20. The Kier molecular flexibility index (Phi) is 5.52. The second kappa shape index (κ2) is 8.41. The van der Waals surface area contributed by atoms with Gasteiger partial charge in [-0.2, -0.15) is 0 Å². The van der Waals surface area contributed by atoms with Crippen molar-refractivity contribution in [1.29, 1.82) is 0 Å². The highest BCUT2D eigenvalue weighted by Crippen LogP contribution is 2.33. The summed E-state index contributed by atoms with van der Waals surface area (Å²) in [5, 5.41) is 6.31. The average molecular weight is 405 g/mol. The van der Waals surface area contributed by atoms with Crippen LogP contribution in [-0.4, -0.2) is 43.6 Å². The smallest absolute Gasteiger partial charge is 0.252 e. The molecule has 0 unspecified atom stereocenters. The molecule has 7 heteroatoms. The van der Waals surface area contributed by atoms with Gasteiger partial charge in [0.2, 0.25) is 5.91 Å². The quantitative estimate of drug-likeness (QED) is 0.631. The third-order valence-corrected chi connectivity index (χ3v) is 4.99. The van der Waals surface area contributed by atoms with Gasteiger partial charge in [-0.25, -0.2) is 4.98 Å². The number of carbonyl (C=O) groups is 2. The summed E-state index contributed by atoms with van der Waals surface area (Å²) in [5.74, 6) is 0.694. The van der Waals surface area contributed by atoms with Gasteiger partial charge in [-0.05, 0) is 43.2 Å². The van der Waals surface area contributed by atoms with Crippen molar-refractivity contribution in [3.8, 4) is 22.8 Å². The molecule has 1 heterocycles. The summed E-state index contributed by atoms with van der Waals surface area (Å²) in [7, 11) is 3.15. The zero-order valence-electron chi connectivity index (χ0n) is 16.9. The Labute approximate surface area is 174 Å². The Balaban J connectivity index is 1.67. The van der Waals surface area contributed by atoms with E-state index in [0.717, 1.165) is 23.8 Å². The lowest BCUT2D eigenvalue weighted by molar-refractivity contribution is -0.120. The highest BCUT2D eigenvalue weighted by Gasteiger charge is 2.23. The van der Waals surface area contributed by atoms with Crippen molar-refractivity contribution in [3.05, 3.63) is 54.1 Å². The second-order valence-electron chi connectivity index (χ2n) is 7.17. The maximum absolute atomic E-state index is 12.9. The highest BCUT2D eigenvalue weighted by molar-refractivity contribution is 6.08. The molecule has 1 fully saturated rings. The van der Waals surface area contributed by atoms with E-state index in [0.29, 0.717) is 28.3 Å². The van der Waals surface area contributed by atoms with Crippen LogP contribution < -0.4 is 20.1 Å². The Bertz CT molecular complexity index is 1110.